The number of aromatic hydroxyl groups is 1. The summed E-state index contributed by atoms with van der Waals surface area (Å²) in [7, 11) is 0. The van der Waals surface area contributed by atoms with Crippen LogP contribution in [0.2, 0.25) is 0 Å². The molecule has 0 radical (unpaired) electrons. The minimum Gasteiger partial charge on any atom is -0.508 e. The predicted molar refractivity (Wildman–Crippen MR) is 142 cm³/mol. The second-order valence-electron chi connectivity index (χ2n) is 9.16. The van der Waals surface area contributed by atoms with E-state index < -0.39 is 17.7 Å². The number of benzene rings is 2. The van der Waals surface area contributed by atoms with E-state index in [1.54, 1.807) is 19.1 Å². The minimum atomic E-state index is -1.00. The molecule has 1 aliphatic rings. The van der Waals surface area contributed by atoms with Crippen LogP contribution in [0, 0.1) is 20.8 Å². The summed E-state index contributed by atoms with van der Waals surface area (Å²) < 4.78 is 2.71. The lowest BCUT2D eigenvalue weighted by Gasteiger charge is -2.22. The molecule has 0 aliphatic carbocycles. The highest BCUT2D eigenvalue weighted by atomic mass is 32.1. The Morgan fingerprint density at radius 1 is 1.00 bits per heavy atom. The average Bonchev–Trinajstić information content (AvgIpc) is 3.51. The van der Waals surface area contributed by atoms with Crippen molar-refractivity contribution in [2.45, 2.75) is 26.8 Å². The molecule has 1 amide bonds. The maximum absolute atomic E-state index is 13.5. The standard InChI is InChI=1S/C28H22N4O4S/c1-14-9-10-19-20(12-14)37-28(29-19)32-23(17-7-4-8-18(33)13-17)21(25(35)27(32)36)24(34)22-16(3)31-11-5-6-15(2)26(31)30-22/h4-13,23,33-34H,1-3H3/b24-21+. The summed E-state index contributed by atoms with van der Waals surface area (Å²) in [6.45, 7) is 5.67. The van der Waals surface area contributed by atoms with E-state index in [1.807, 2.05) is 54.8 Å². The van der Waals surface area contributed by atoms with Crippen LogP contribution in [0.25, 0.3) is 21.6 Å². The fourth-order valence-electron chi connectivity index (χ4n) is 4.84. The van der Waals surface area contributed by atoms with Crippen molar-refractivity contribution in [2.24, 2.45) is 0 Å². The van der Waals surface area contributed by atoms with E-state index in [-0.39, 0.29) is 22.8 Å². The summed E-state index contributed by atoms with van der Waals surface area (Å²) in [4.78, 5) is 37.5. The number of fused-ring (bicyclic) bond motifs is 2. The Balaban J connectivity index is 1.61. The van der Waals surface area contributed by atoms with Gasteiger partial charge in [0, 0.05) is 6.20 Å². The molecule has 4 heterocycles. The topological polar surface area (TPSA) is 108 Å². The van der Waals surface area contributed by atoms with Gasteiger partial charge in [-0.15, -0.1) is 0 Å². The quantitative estimate of drug-likeness (QED) is 0.196. The molecule has 37 heavy (non-hydrogen) atoms. The highest BCUT2D eigenvalue weighted by molar-refractivity contribution is 7.22. The first kappa shape index (κ1) is 22.9. The van der Waals surface area contributed by atoms with Crippen LogP contribution in [-0.4, -0.2) is 36.3 Å². The van der Waals surface area contributed by atoms with Crippen molar-refractivity contribution in [3.63, 3.8) is 0 Å². The lowest BCUT2D eigenvalue weighted by Crippen LogP contribution is -2.29. The van der Waals surface area contributed by atoms with Crippen LogP contribution in [0.3, 0.4) is 0 Å². The molecule has 1 fully saturated rings. The van der Waals surface area contributed by atoms with E-state index in [9.17, 15) is 19.8 Å². The second-order valence-corrected chi connectivity index (χ2v) is 10.2. The van der Waals surface area contributed by atoms with E-state index in [0.29, 0.717) is 27.6 Å². The Hall–Kier alpha value is -4.50. The molecule has 1 aliphatic heterocycles. The largest absolute Gasteiger partial charge is 0.508 e. The van der Waals surface area contributed by atoms with E-state index in [2.05, 4.69) is 9.97 Å². The van der Waals surface area contributed by atoms with Crippen LogP contribution >= 0.6 is 11.3 Å². The van der Waals surface area contributed by atoms with Crippen LogP contribution in [0.1, 0.15) is 34.1 Å². The first-order chi connectivity index (χ1) is 17.7. The van der Waals surface area contributed by atoms with Crippen LogP contribution in [0.5, 0.6) is 5.75 Å². The first-order valence-corrected chi connectivity index (χ1v) is 12.5. The van der Waals surface area contributed by atoms with Gasteiger partial charge in [0.15, 0.2) is 10.9 Å². The van der Waals surface area contributed by atoms with Gasteiger partial charge >= 0.3 is 5.91 Å². The SMILES string of the molecule is Cc1ccc2nc(N3C(=O)C(=O)/C(=C(/O)c4nc5c(C)cccn5c4C)C3c3cccc(O)c3)sc2c1. The summed E-state index contributed by atoms with van der Waals surface area (Å²) in [5.41, 5.74) is 4.51. The number of imidazole rings is 1. The number of aromatic nitrogens is 3. The number of pyridine rings is 1. The van der Waals surface area contributed by atoms with Crippen molar-refractivity contribution >= 4 is 49.8 Å². The zero-order valence-electron chi connectivity index (χ0n) is 20.3. The molecule has 1 unspecified atom stereocenters. The number of hydrogen-bond donors (Lipinski definition) is 2. The molecule has 5 aromatic rings. The zero-order chi connectivity index (χ0) is 26.0. The molecule has 0 saturated carbocycles. The maximum atomic E-state index is 13.5. The Labute approximate surface area is 215 Å². The summed E-state index contributed by atoms with van der Waals surface area (Å²) in [6.07, 6.45) is 1.83. The maximum Gasteiger partial charge on any atom is 0.301 e. The van der Waals surface area contributed by atoms with Gasteiger partial charge in [-0.3, -0.25) is 14.5 Å². The molecule has 184 valence electrons. The number of phenols is 1. The third kappa shape index (κ3) is 3.50. The van der Waals surface area contributed by atoms with Crippen molar-refractivity contribution in [3.05, 3.63) is 94.4 Å². The Bertz CT molecular complexity index is 1800. The van der Waals surface area contributed by atoms with Crippen LogP contribution in [0.15, 0.2) is 66.4 Å². The summed E-state index contributed by atoms with van der Waals surface area (Å²) in [5, 5.41) is 22.1. The number of thiazole rings is 1. The molecule has 1 atom stereocenters. The number of ketones is 1. The third-order valence-electron chi connectivity index (χ3n) is 6.68. The van der Waals surface area contributed by atoms with Crippen LogP contribution in [0.4, 0.5) is 5.13 Å². The van der Waals surface area contributed by atoms with E-state index >= 15 is 0 Å². The van der Waals surface area contributed by atoms with Gasteiger partial charge in [-0.05, 0) is 67.8 Å². The van der Waals surface area contributed by atoms with Gasteiger partial charge in [0.25, 0.3) is 5.78 Å². The van der Waals surface area contributed by atoms with E-state index in [4.69, 9.17) is 0 Å². The van der Waals surface area contributed by atoms with E-state index in [0.717, 1.165) is 15.8 Å². The average molecular weight is 511 g/mol. The number of nitrogens with zero attached hydrogens (tertiary/aromatic N) is 4. The number of rotatable bonds is 3. The number of amides is 1. The van der Waals surface area contributed by atoms with Crippen molar-refractivity contribution < 1.29 is 19.8 Å². The molecule has 1 saturated heterocycles. The lowest BCUT2D eigenvalue weighted by atomic mass is 9.96. The van der Waals surface area contributed by atoms with Crippen LogP contribution < -0.4 is 4.90 Å². The number of anilines is 1. The molecule has 6 rings (SSSR count). The number of aryl methyl sites for hydroxylation is 3. The van der Waals surface area contributed by atoms with Crippen molar-refractivity contribution in [2.75, 3.05) is 4.90 Å². The molecule has 9 heteroatoms. The number of phenolic OH excluding ortho intramolecular Hbond substituents is 1. The van der Waals surface area contributed by atoms with Crippen molar-refractivity contribution in [3.8, 4) is 5.75 Å². The number of carbonyl (C=O) groups is 2. The second kappa shape index (κ2) is 8.28. The summed E-state index contributed by atoms with van der Waals surface area (Å²) in [6, 6.07) is 14.9. The molecule has 0 bridgehead atoms. The Morgan fingerprint density at radius 2 is 1.81 bits per heavy atom. The predicted octanol–water partition coefficient (Wildman–Crippen LogP) is 5.20. The number of aliphatic hydroxyl groups excluding tert-OH is 1. The van der Waals surface area contributed by atoms with Gasteiger partial charge in [-0.25, -0.2) is 9.97 Å². The number of carbonyl (C=O) groups excluding carboxylic acids is 2. The number of hydrogen-bond acceptors (Lipinski definition) is 7. The highest BCUT2D eigenvalue weighted by Crippen LogP contribution is 2.45. The molecular weight excluding hydrogens is 488 g/mol. The molecule has 3 aromatic heterocycles. The number of Topliss-reactive ketones (excluding diaryl/α,β-unsaturated/α-hetero) is 1. The van der Waals surface area contributed by atoms with Crippen molar-refractivity contribution in [1.29, 1.82) is 0 Å². The Morgan fingerprint density at radius 3 is 2.57 bits per heavy atom. The highest BCUT2D eigenvalue weighted by Gasteiger charge is 2.48. The van der Waals surface area contributed by atoms with E-state index in [1.165, 1.54) is 28.4 Å². The monoisotopic (exact) mass is 510 g/mol. The van der Waals surface area contributed by atoms with Gasteiger partial charge in [0.2, 0.25) is 0 Å². The molecular formula is C28H22N4O4S. The number of aliphatic hydroxyl groups is 1. The first-order valence-electron chi connectivity index (χ1n) is 11.7. The summed E-state index contributed by atoms with van der Waals surface area (Å²) >= 11 is 1.29. The fourth-order valence-corrected chi connectivity index (χ4v) is 5.93. The smallest absolute Gasteiger partial charge is 0.301 e. The normalized spacial score (nSPS) is 17.4. The molecule has 8 nitrogen and oxygen atoms in total. The van der Waals surface area contributed by atoms with Gasteiger partial charge < -0.3 is 14.6 Å². The zero-order valence-corrected chi connectivity index (χ0v) is 21.1. The van der Waals surface area contributed by atoms with Gasteiger partial charge in [0.1, 0.15) is 17.1 Å². The minimum absolute atomic E-state index is 0.0254. The summed E-state index contributed by atoms with van der Waals surface area (Å²) in [5.74, 6) is -2.04. The van der Waals surface area contributed by atoms with Crippen molar-refractivity contribution in [1.82, 2.24) is 14.4 Å². The molecule has 2 aromatic carbocycles. The lowest BCUT2D eigenvalue weighted by molar-refractivity contribution is -0.132. The van der Waals surface area contributed by atoms with Gasteiger partial charge in [-0.1, -0.05) is 35.6 Å². The Kier molecular flexibility index (Phi) is 5.13. The fraction of sp³-hybridized carbons (Fsp3) is 0.143. The van der Waals surface area contributed by atoms with Crippen LogP contribution in [-0.2, 0) is 9.59 Å². The molecule has 2 N–H and O–H groups in total. The molecule has 0 spiro atoms. The third-order valence-corrected chi connectivity index (χ3v) is 7.69. The van der Waals surface area contributed by atoms with Gasteiger partial charge in [-0.2, -0.15) is 0 Å². The van der Waals surface area contributed by atoms with Gasteiger partial charge in [0.05, 0.1) is 27.5 Å².